The van der Waals surface area contributed by atoms with Gasteiger partial charge in [0.15, 0.2) is 0 Å². The summed E-state index contributed by atoms with van der Waals surface area (Å²) >= 11 is 3.04. The fourth-order valence-corrected chi connectivity index (χ4v) is 2.39. The molecule has 2 heterocycles. The van der Waals surface area contributed by atoms with Crippen LogP contribution in [0.4, 0.5) is 11.5 Å². The molecule has 0 spiro atoms. The Hall–Kier alpha value is -3.15. The van der Waals surface area contributed by atoms with Crippen LogP contribution in [0.2, 0.25) is 0 Å². The number of nitro groups is 2. The molecule has 0 bridgehead atoms. The maximum absolute atomic E-state index is 10.8. The van der Waals surface area contributed by atoms with Crippen molar-refractivity contribution >= 4 is 27.4 Å². The summed E-state index contributed by atoms with van der Waals surface area (Å²) in [5, 5.41) is 29.1. The second-order valence-electron chi connectivity index (χ2n) is 4.57. The normalized spacial score (nSPS) is 10.7. The maximum atomic E-state index is 10.8. The van der Waals surface area contributed by atoms with Gasteiger partial charge in [-0.3, -0.25) is 10.1 Å². The summed E-state index contributed by atoms with van der Waals surface area (Å²) in [7, 11) is 0. The van der Waals surface area contributed by atoms with Gasteiger partial charge in [-0.2, -0.15) is 9.67 Å². The van der Waals surface area contributed by atoms with Crippen LogP contribution < -0.4 is 0 Å². The summed E-state index contributed by atoms with van der Waals surface area (Å²) in [6, 6.07) is 5.79. The van der Waals surface area contributed by atoms with Crippen LogP contribution in [0.5, 0.6) is 0 Å². The van der Waals surface area contributed by atoms with Crippen LogP contribution in [0.25, 0.3) is 11.4 Å². The van der Waals surface area contributed by atoms with E-state index < -0.39 is 9.85 Å². The second kappa shape index (κ2) is 6.16. The summed E-state index contributed by atoms with van der Waals surface area (Å²) in [4.78, 5) is 24.5. The van der Waals surface area contributed by atoms with Gasteiger partial charge in [0, 0.05) is 17.7 Å². The number of rotatable bonds is 5. The summed E-state index contributed by atoms with van der Waals surface area (Å²) in [6.45, 7) is 0.0222. The zero-order valence-electron chi connectivity index (χ0n) is 11.7. The van der Waals surface area contributed by atoms with Gasteiger partial charge >= 0.3 is 5.82 Å². The molecule has 0 aliphatic heterocycles. The second-order valence-corrected chi connectivity index (χ2v) is 5.43. The van der Waals surface area contributed by atoms with Crippen molar-refractivity contribution < 1.29 is 14.4 Å². The van der Waals surface area contributed by atoms with Crippen molar-refractivity contribution in [3.05, 3.63) is 61.1 Å². The molecule has 0 saturated carbocycles. The molecule has 122 valence electrons. The predicted octanol–water partition coefficient (Wildman–Crippen LogP) is 2.56. The first kappa shape index (κ1) is 15.7. The molecule has 0 N–H and O–H groups in total. The summed E-state index contributed by atoms with van der Waals surface area (Å²) < 4.78 is 6.55. The third kappa shape index (κ3) is 3.12. The molecule has 3 rings (SSSR count). The minimum Gasteiger partial charge on any atom is -0.358 e. The van der Waals surface area contributed by atoms with E-state index in [9.17, 15) is 20.2 Å². The number of aromatic nitrogens is 4. The fourth-order valence-electron chi connectivity index (χ4n) is 1.93. The number of halogens is 1. The van der Waals surface area contributed by atoms with E-state index in [0.29, 0.717) is 5.56 Å². The van der Waals surface area contributed by atoms with Crippen LogP contribution in [-0.2, 0) is 6.54 Å². The molecule has 0 fully saturated rings. The van der Waals surface area contributed by atoms with Gasteiger partial charge in [-0.25, -0.2) is 0 Å². The van der Waals surface area contributed by atoms with Gasteiger partial charge < -0.3 is 14.6 Å². The van der Waals surface area contributed by atoms with Crippen molar-refractivity contribution in [2.75, 3.05) is 0 Å². The third-order valence-electron chi connectivity index (χ3n) is 2.95. The summed E-state index contributed by atoms with van der Waals surface area (Å²) in [5.41, 5.74) is 0.331. The molecule has 11 nitrogen and oxygen atoms in total. The molecule has 0 aliphatic rings. The summed E-state index contributed by atoms with van der Waals surface area (Å²) in [5.74, 6) is 0.00393. The fraction of sp³-hybridized carbons (Fsp3) is 0.0833. The SMILES string of the molecule is O=[N+]([O-])c1cccc(-c2noc(Cn3cc(Br)c([N+](=O)[O-])n3)n2)c1. The van der Waals surface area contributed by atoms with Crippen molar-refractivity contribution in [2.45, 2.75) is 6.54 Å². The van der Waals surface area contributed by atoms with Crippen LogP contribution in [-0.4, -0.2) is 29.8 Å². The molecule has 0 amide bonds. The quantitative estimate of drug-likeness (QED) is 0.474. The van der Waals surface area contributed by atoms with E-state index in [1.807, 2.05) is 0 Å². The van der Waals surface area contributed by atoms with Gasteiger partial charge in [0.2, 0.25) is 5.82 Å². The van der Waals surface area contributed by atoms with Gasteiger partial charge in [0.25, 0.3) is 11.6 Å². The lowest BCUT2D eigenvalue weighted by Gasteiger charge is -1.94. The van der Waals surface area contributed by atoms with Crippen LogP contribution in [0.15, 0.2) is 39.5 Å². The summed E-state index contributed by atoms with van der Waals surface area (Å²) in [6.07, 6.45) is 1.41. The highest BCUT2D eigenvalue weighted by atomic mass is 79.9. The molecule has 0 atom stereocenters. The lowest BCUT2D eigenvalue weighted by Crippen LogP contribution is -2.01. The molecule has 1 aromatic carbocycles. The van der Waals surface area contributed by atoms with Crippen LogP contribution in [0.1, 0.15) is 5.89 Å². The van der Waals surface area contributed by atoms with Crippen LogP contribution in [0.3, 0.4) is 0 Å². The van der Waals surface area contributed by atoms with Gasteiger partial charge in [-0.05, 0) is 20.9 Å². The Bertz CT molecular complexity index is 936. The smallest absolute Gasteiger partial charge is 0.358 e. The topological polar surface area (TPSA) is 143 Å². The highest BCUT2D eigenvalue weighted by molar-refractivity contribution is 9.10. The van der Waals surface area contributed by atoms with Crippen molar-refractivity contribution in [1.29, 1.82) is 0 Å². The number of benzene rings is 1. The molecule has 12 heteroatoms. The Labute approximate surface area is 141 Å². The average Bonchev–Trinajstić information content (AvgIpc) is 3.14. The zero-order chi connectivity index (χ0) is 17.3. The van der Waals surface area contributed by atoms with Gasteiger partial charge in [0.1, 0.15) is 11.0 Å². The molecular formula is C12H7BrN6O5. The van der Waals surface area contributed by atoms with Gasteiger partial charge in [-0.1, -0.05) is 17.3 Å². The Morgan fingerprint density at radius 3 is 2.71 bits per heavy atom. The first-order chi connectivity index (χ1) is 11.4. The number of hydrogen-bond donors (Lipinski definition) is 0. The number of nitro benzene ring substituents is 1. The van der Waals surface area contributed by atoms with E-state index in [-0.39, 0.29) is 34.2 Å². The lowest BCUT2D eigenvalue weighted by atomic mass is 10.2. The molecule has 3 aromatic rings. The van der Waals surface area contributed by atoms with E-state index in [0.717, 1.165) is 0 Å². The minimum atomic E-state index is -0.622. The van der Waals surface area contributed by atoms with Crippen molar-refractivity contribution in [1.82, 2.24) is 19.9 Å². The molecule has 0 radical (unpaired) electrons. The largest absolute Gasteiger partial charge is 0.404 e. The van der Waals surface area contributed by atoms with Crippen molar-refractivity contribution in [2.24, 2.45) is 0 Å². The standard InChI is InChI=1S/C12H7BrN6O5/c13-9-5-17(15-12(9)19(22)23)6-10-14-11(16-24-10)7-2-1-3-8(4-7)18(20)21/h1-5H,6H2. The molecule has 0 saturated heterocycles. The highest BCUT2D eigenvalue weighted by Gasteiger charge is 2.20. The monoisotopic (exact) mass is 394 g/mol. The van der Waals surface area contributed by atoms with Crippen LogP contribution >= 0.6 is 15.9 Å². The maximum Gasteiger partial charge on any atom is 0.404 e. The molecular weight excluding hydrogens is 388 g/mol. The van der Waals surface area contributed by atoms with E-state index in [1.165, 1.54) is 29.1 Å². The average molecular weight is 395 g/mol. The van der Waals surface area contributed by atoms with E-state index in [1.54, 1.807) is 6.07 Å². The van der Waals surface area contributed by atoms with E-state index in [2.05, 4.69) is 31.2 Å². The third-order valence-corrected chi connectivity index (χ3v) is 3.51. The Balaban J connectivity index is 1.83. The zero-order valence-corrected chi connectivity index (χ0v) is 13.3. The first-order valence-electron chi connectivity index (χ1n) is 6.39. The van der Waals surface area contributed by atoms with Crippen molar-refractivity contribution in [3.63, 3.8) is 0 Å². The number of nitrogens with zero attached hydrogens (tertiary/aromatic N) is 6. The van der Waals surface area contributed by atoms with Gasteiger partial charge in [0.05, 0.1) is 16.2 Å². The molecule has 0 aliphatic carbocycles. The Kier molecular flexibility index (Phi) is 4.04. The van der Waals surface area contributed by atoms with E-state index in [4.69, 9.17) is 4.52 Å². The first-order valence-corrected chi connectivity index (χ1v) is 7.18. The predicted molar refractivity (Wildman–Crippen MR) is 82.1 cm³/mol. The number of hydrogen-bond acceptors (Lipinski definition) is 8. The molecule has 24 heavy (non-hydrogen) atoms. The Morgan fingerprint density at radius 1 is 1.25 bits per heavy atom. The van der Waals surface area contributed by atoms with Crippen LogP contribution in [0, 0.1) is 20.2 Å². The minimum absolute atomic E-state index is 0.0222. The highest BCUT2D eigenvalue weighted by Crippen LogP contribution is 2.24. The number of non-ortho nitro benzene ring substituents is 1. The molecule has 0 unspecified atom stereocenters. The van der Waals surface area contributed by atoms with E-state index >= 15 is 0 Å². The van der Waals surface area contributed by atoms with Crippen molar-refractivity contribution in [3.8, 4) is 11.4 Å². The van der Waals surface area contributed by atoms with Gasteiger partial charge in [-0.15, -0.1) is 0 Å². The molecule has 2 aromatic heterocycles. The lowest BCUT2D eigenvalue weighted by molar-refractivity contribution is -0.390. The Morgan fingerprint density at radius 2 is 2.04 bits per heavy atom.